The van der Waals surface area contributed by atoms with Gasteiger partial charge in [0.2, 0.25) is 5.91 Å². The van der Waals surface area contributed by atoms with Gasteiger partial charge < -0.3 is 9.64 Å². The predicted octanol–water partition coefficient (Wildman–Crippen LogP) is 2.34. The summed E-state index contributed by atoms with van der Waals surface area (Å²) >= 11 is 3.41. The molecule has 0 bridgehead atoms. The number of carbonyl (C=O) groups is 1. The van der Waals surface area contributed by atoms with Crippen molar-refractivity contribution in [3.63, 3.8) is 0 Å². The first-order valence-electron chi connectivity index (χ1n) is 5.89. The molecule has 1 aromatic rings. The number of nitrogens with zero attached hydrogens (tertiary/aromatic N) is 1. The van der Waals surface area contributed by atoms with Gasteiger partial charge in [-0.25, -0.2) is 0 Å². The average molecular weight is 296 g/mol. The zero-order chi connectivity index (χ0) is 11.8. The molecule has 0 radical (unpaired) electrons. The van der Waals surface area contributed by atoms with E-state index in [0.717, 1.165) is 17.5 Å². The molecule has 4 heteroatoms. The molecule has 1 unspecified atom stereocenters. The number of benzene rings is 1. The Morgan fingerprint density at radius 2 is 2.06 bits per heavy atom. The lowest BCUT2D eigenvalue weighted by Gasteiger charge is -2.23. The summed E-state index contributed by atoms with van der Waals surface area (Å²) in [6, 6.07) is 8.43. The standard InChI is InChI=1S/C13H14BrNO2/c14-10-3-1-9(2-4-10)7-15-11(12-8-17-12)5-6-13(15)16/h1-4,11-12H,5-8H2/t11-,12?/m1/s1. The summed E-state index contributed by atoms with van der Waals surface area (Å²) < 4.78 is 6.39. The third-order valence-corrected chi connectivity index (χ3v) is 3.96. The Morgan fingerprint density at radius 3 is 2.71 bits per heavy atom. The van der Waals surface area contributed by atoms with E-state index in [1.807, 2.05) is 17.0 Å². The molecule has 3 nitrogen and oxygen atoms in total. The number of ether oxygens (including phenoxy) is 1. The average Bonchev–Trinajstić information content (AvgIpc) is 3.10. The van der Waals surface area contributed by atoms with E-state index in [0.29, 0.717) is 19.0 Å². The number of rotatable bonds is 3. The fourth-order valence-electron chi connectivity index (χ4n) is 2.41. The van der Waals surface area contributed by atoms with Crippen LogP contribution < -0.4 is 0 Å². The van der Waals surface area contributed by atoms with Crippen LogP contribution in [0.1, 0.15) is 18.4 Å². The molecule has 2 heterocycles. The molecule has 1 amide bonds. The van der Waals surface area contributed by atoms with Gasteiger partial charge in [0.05, 0.1) is 12.6 Å². The van der Waals surface area contributed by atoms with Gasteiger partial charge in [0.1, 0.15) is 6.10 Å². The van der Waals surface area contributed by atoms with E-state index in [4.69, 9.17) is 4.74 Å². The first kappa shape index (κ1) is 11.2. The Labute approximate surface area is 109 Å². The molecule has 3 rings (SSSR count). The zero-order valence-electron chi connectivity index (χ0n) is 9.43. The highest BCUT2D eigenvalue weighted by Crippen LogP contribution is 2.30. The van der Waals surface area contributed by atoms with Gasteiger partial charge in [-0.2, -0.15) is 0 Å². The molecular weight excluding hydrogens is 282 g/mol. The number of carbonyl (C=O) groups excluding carboxylic acids is 1. The largest absolute Gasteiger partial charge is 0.371 e. The van der Waals surface area contributed by atoms with Crippen LogP contribution in [0.3, 0.4) is 0 Å². The van der Waals surface area contributed by atoms with Crippen LogP contribution in [0, 0.1) is 0 Å². The van der Waals surface area contributed by atoms with Gasteiger partial charge in [0.15, 0.2) is 0 Å². The van der Waals surface area contributed by atoms with Gasteiger partial charge in [-0.3, -0.25) is 4.79 Å². The van der Waals surface area contributed by atoms with Gasteiger partial charge in [0.25, 0.3) is 0 Å². The summed E-state index contributed by atoms with van der Waals surface area (Å²) in [6.45, 7) is 1.52. The van der Waals surface area contributed by atoms with Crippen LogP contribution in [-0.2, 0) is 16.1 Å². The predicted molar refractivity (Wildman–Crippen MR) is 67.5 cm³/mol. The van der Waals surface area contributed by atoms with Crippen LogP contribution >= 0.6 is 15.9 Å². The van der Waals surface area contributed by atoms with Crippen molar-refractivity contribution in [2.45, 2.75) is 31.5 Å². The maximum Gasteiger partial charge on any atom is 0.223 e. The topological polar surface area (TPSA) is 32.8 Å². The minimum absolute atomic E-state index is 0.258. The molecule has 2 atom stereocenters. The van der Waals surface area contributed by atoms with Crippen molar-refractivity contribution in [3.05, 3.63) is 34.3 Å². The number of hydrogen-bond acceptors (Lipinski definition) is 2. The molecule has 2 saturated heterocycles. The van der Waals surface area contributed by atoms with Crippen LogP contribution in [0.25, 0.3) is 0 Å². The van der Waals surface area contributed by atoms with Gasteiger partial charge >= 0.3 is 0 Å². The lowest BCUT2D eigenvalue weighted by Crippen LogP contribution is -2.36. The minimum Gasteiger partial charge on any atom is -0.371 e. The molecule has 0 N–H and O–H groups in total. The second-order valence-electron chi connectivity index (χ2n) is 4.63. The Hall–Kier alpha value is -0.870. The summed E-state index contributed by atoms with van der Waals surface area (Å²) in [5.41, 5.74) is 1.18. The normalized spacial score (nSPS) is 27.6. The third-order valence-electron chi connectivity index (χ3n) is 3.43. The monoisotopic (exact) mass is 295 g/mol. The molecule has 0 aromatic heterocycles. The lowest BCUT2D eigenvalue weighted by molar-refractivity contribution is -0.129. The molecule has 2 aliphatic heterocycles. The Morgan fingerprint density at radius 1 is 1.35 bits per heavy atom. The van der Waals surface area contributed by atoms with Crippen molar-refractivity contribution in [1.82, 2.24) is 4.90 Å². The Bertz CT molecular complexity index is 428. The molecule has 1 aromatic carbocycles. The number of epoxide rings is 1. The van der Waals surface area contributed by atoms with Crippen LogP contribution in [0.2, 0.25) is 0 Å². The lowest BCUT2D eigenvalue weighted by atomic mass is 10.1. The maximum absolute atomic E-state index is 11.8. The zero-order valence-corrected chi connectivity index (χ0v) is 11.0. The smallest absolute Gasteiger partial charge is 0.223 e. The first-order valence-corrected chi connectivity index (χ1v) is 6.69. The van der Waals surface area contributed by atoms with Gasteiger partial charge in [-0.05, 0) is 24.1 Å². The van der Waals surface area contributed by atoms with E-state index >= 15 is 0 Å². The molecule has 0 saturated carbocycles. The number of halogens is 1. The number of hydrogen-bond donors (Lipinski definition) is 0. The highest BCUT2D eigenvalue weighted by molar-refractivity contribution is 9.10. The molecule has 0 aliphatic carbocycles. The van der Waals surface area contributed by atoms with Crippen molar-refractivity contribution in [3.8, 4) is 0 Å². The first-order chi connectivity index (χ1) is 8.24. The fourth-order valence-corrected chi connectivity index (χ4v) is 2.68. The summed E-state index contributed by atoms with van der Waals surface area (Å²) in [5, 5.41) is 0. The van der Waals surface area contributed by atoms with Crippen molar-refractivity contribution < 1.29 is 9.53 Å². The molecular formula is C13H14BrNO2. The fraction of sp³-hybridized carbons (Fsp3) is 0.462. The molecule has 2 aliphatic rings. The minimum atomic E-state index is 0.258. The molecule has 90 valence electrons. The third kappa shape index (κ3) is 2.38. The van der Waals surface area contributed by atoms with Crippen molar-refractivity contribution in [1.29, 1.82) is 0 Å². The van der Waals surface area contributed by atoms with Crippen molar-refractivity contribution in [2.75, 3.05) is 6.61 Å². The Balaban J connectivity index is 1.73. The molecule has 17 heavy (non-hydrogen) atoms. The van der Waals surface area contributed by atoms with Crippen LogP contribution in [-0.4, -0.2) is 29.6 Å². The van der Waals surface area contributed by atoms with Gasteiger partial charge in [0, 0.05) is 17.4 Å². The van der Waals surface area contributed by atoms with E-state index in [2.05, 4.69) is 28.1 Å². The van der Waals surface area contributed by atoms with Gasteiger partial charge in [-0.1, -0.05) is 28.1 Å². The van der Waals surface area contributed by atoms with Crippen LogP contribution in [0.5, 0.6) is 0 Å². The highest BCUT2D eigenvalue weighted by atomic mass is 79.9. The molecule has 0 spiro atoms. The summed E-state index contributed by atoms with van der Waals surface area (Å²) in [7, 11) is 0. The number of amides is 1. The Kier molecular flexibility index (Phi) is 2.92. The van der Waals surface area contributed by atoms with E-state index in [-0.39, 0.29) is 12.0 Å². The van der Waals surface area contributed by atoms with Gasteiger partial charge in [-0.15, -0.1) is 0 Å². The van der Waals surface area contributed by atoms with Crippen LogP contribution in [0.15, 0.2) is 28.7 Å². The molecule has 2 fully saturated rings. The maximum atomic E-state index is 11.8. The van der Waals surface area contributed by atoms with Crippen molar-refractivity contribution in [2.24, 2.45) is 0 Å². The summed E-state index contributed by atoms with van der Waals surface area (Å²) in [6.07, 6.45) is 1.90. The van der Waals surface area contributed by atoms with E-state index in [1.165, 1.54) is 5.56 Å². The van der Waals surface area contributed by atoms with Crippen LogP contribution in [0.4, 0.5) is 0 Å². The summed E-state index contributed by atoms with van der Waals surface area (Å²) in [4.78, 5) is 13.8. The second kappa shape index (κ2) is 4.42. The second-order valence-corrected chi connectivity index (χ2v) is 5.54. The van der Waals surface area contributed by atoms with E-state index in [1.54, 1.807) is 0 Å². The SMILES string of the molecule is O=C1CC[C@H](C2CO2)N1Cc1ccc(Br)cc1. The van der Waals surface area contributed by atoms with E-state index in [9.17, 15) is 4.79 Å². The van der Waals surface area contributed by atoms with E-state index < -0.39 is 0 Å². The highest BCUT2D eigenvalue weighted by Gasteiger charge is 2.42. The summed E-state index contributed by atoms with van der Waals surface area (Å²) in [5.74, 6) is 0.258. The quantitative estimate of drug-likeness (QED) is 0.802. The number of likely N-dealkylation sites (tertiary alicyclic amines) is 1. The van der Waals surface area contributed by atoms with Crippen molar-refractivity contribution >= 4 is 21.8 Å².